The molecule has 0 bridgehead atoms. The number of benzene rings is 2. The summed E-state index contributed by atoms with van der Waals surface area (Å²) >= 11 is 1.47. The van der Waals surface area contributed by atoms with E-state index in [0.717, 1.165) is 21.8 Å². The quantitative estimate of drug-likeness (QED) is 0.779. The van der Waals surface area contributed by atoms with E-state index < -0.39 is 0 Å². The summed E-state index contributed by atoms with van der Waals surface area (Å²) in [4.78, 5) is 16.7. The van der Waals surface area contributed by atoms with Gasteiger partial charge in [0, 0.05) is 16.6 Å². The number of carbonyl (C=O) groups excluding carboxylic acids is 1. The summed E-state index contributed by atoms with van der Waals surface area (Å²) in [6.45, 7) is 1.96. The fraction of sp³-hybridized carbons (Fsp3) is 0.0588. The van der Waals surface area contributed by atoms with Crippen molar-refractivity contribution in [2.75, 3.05) is 5.32 Å². The van der Waals surface area contributed by atoms with Gasteiger partial charge < -0.3 is 5.32 Å². The van der Waals surface area contributed by atoms with Crippen LogP contribution in [0.15, 0.2) is 60.0 Å². The number of amides is 1. The monoisotopic (exact) mass is 294 g/mol. The molecular weight excluding hydrogens is 280 g/mol. The van der Waals surface area contributed by atoms with Crippen molar-refractivity contribution in [2.24, 2.45) is 0 Å². The maximum Gasteiger partial charge on any atom is 0.275 e. The Morgan fingerprint density at radius 1 is 1.05 bits per heavy atom. The van der Waals surface area contributed by atoms with Crippen LogP contribution in [0.3, 0.4) is 0 Å². The molecule has 1 N–H and O–H groups in total. The lowest BCUT2D eigenvalue weighted by molar-refractivity contribution is 0.102. The molecule has 3 aromatic rings. The molecule has 0 spiro atoms. The van der Waals surface area contributed by atoms with Crippen molar-refractivity contribution in [2.45, 2.75) is 6.92 Å². The predicted octanol–water partition coefficient (Wildman–Crippen LogP) is 4.37. The summed E-state index contributed by atoms with van der Waals surface area (Å²) < 4.78 is 0. The van der Waals surface area contributed by atoms with E-state index in [9.17, 15) is 4.79 Å². The third-order valence-electron chi connectivity index (χ3n) is 3.15. The van der Waals surface area contributed by atoms with Crippen molar-refractivity contribution in [3.63, 3.8) is 0 Å². The number of aryl methyl sites for hydroxylation is 1. The predicted molar refractivity (Wildman–Crippen MR) is 86.7 cm³/mol. The van der Waals surface area contributed by atoms with Crippen molar-refractivity contribution >= 4 is 22.9 Å². The molecule has 2 aromatic carbocycles. The zero-order valence-electron chi connectivity index (χ0n) is 11.5. The van der Waals surface area contributed by atoms with Gasteiger partial charge in [-0.15, -0.1) is 11.3 Å². The normalized spacial score (nSPS) is 10.3. The summed E-state index contributed by atoms with van der Waals surface area (Å²) in [5, 5.41) is 5.54. The van der Waals surface area contributed by atoms with Crippen LogP contribution in [0.25, 0.3) is 10.6 Å². The zero-order valence-corrected chi connectivity index (χ0v) is 12.4. The highest BCUT2D eigenvalue weighted by atomic mass is 32.1. The van der Waals surface area contributed by atoms with Gasteiger partial charge in [0.2, 0.25) is 0 Å². The molecule has 0 unspecified atom stereocenters. The van der Waals surface area contributed by atoms with E-state index in [1.807, 2.05) is 61.5 Å². The van der Waals surface area contributed by atoms with Crippen LogP contribution in [-0.4, -0.2) is 10.9 Å². The molecule has 0 atom stereocenters. The average molecular weight is 294 g/mol. The number of anilines is 1. The van der Waals surface area contributed by atoms with Crippen LogP contribution in [0.1, 0.15) is 16.1 Å². The summed E-state index contributed by atoms with van der Waals surface area (Å²) in [7, 11) is 0. The Labute approximate surface area is 127 Å². The van der Waals surface area contributed by atoms with Crippen molar-refractivity contribution in [1.82, 2.24) is 4.98 Å². The lowest BCUT2D eigenvalue weighted by Gasteiger charge is -2.06. The minimum atomic E-state index is -0.178. The Bertz CT molecular complexity index is 765. The lowest BCUT2D eigenvalue weighted by Crippen LogP contribution is -2.13. The van der Waals surface area contributed by atoms with E-state index in [-0.39, 0.29) is 5.91 Å². The zero-order chi connectivity index (χ0) is 14.7. The maximum atomic E-state index is 12.2. The van der Waals surface area contributed by atoms with Crippen LogP contribution >= 0.6 is 11.3 Å². The molecule has 4 heteroatoms. The molecule has 0 fully saturated rings. The molecule has 0 aliphatic heterocycles. The Morgan fingerprint density at radius 2 is 1.76 bits per heavy atom. The van der Waals surface area contributed by atoms with Gasteiger partial charge in [-0.3, -0.25) is 4.79 Å². The van der Waals surface area contributed by atoms with Gasteiger partial charge in [0.15, 0.2) is 0 Å². The fourth-order valence-electron chi connectivity index (χ4n) is 1.99. The Morgan fingerprint density at radius 3 is 2.52 bits per heavy atom. The van der Waals surface area contributed by atoms with Gasteiger partial charge in [-0.1, -0.05) is 48.5 Å². The highest BCUT2D eigenvalue weighted by molar-refractivity contribution is 7.13. The topological polar surface area (TPSA) is 42.0 Å². The van der Waals surface area contributed by atoms with Crippen LogP contribution in [0.5, 0.6) is 0 Å². The van der Waals surface area contributed by atoms with Crippen LogP contribution in [0, 0.1) is 6.92 Å². The van der Waals surface area contributed by atoms with E-state index >= 15 is 0 Å². The van der Waals surface area contributed by atoms with Gasteiger partial charge in [0.05, 0.1) is 0 Å². The SMILES string of the molecule is Cc1ccccc1NC(=O)c1csc(-c2ccccc2)n1. The standard InChI is InChI=1S/C17H14N2OS/c1-12-7-5-6-10-14(12)18-16(20)15-11-21-17(19-15)13-8-3-2-4-9-13/h2-11H,1H3,(H,18,20). The number of hydrogen-bond acceptors (Lipinski definition) is 3. The van der Waals surface area contributed by atoms with Gasteiger partial charge in [-0.05, 0) is 18.6 Å². The number of nitrogens with zero attached hydrogens (tertiary/aromatic N) is 1. The Balaban J connectivity index is 1.80. The number of carbonyl (C=O) groups is 1. The van der Waals surface area contributed by atoms with Crippen LogP contribution in [0.4, 0.5) is 5.69 Å². The molecular formula is C17H14N2OS. The summed E-state index contributed by atoms with van der Waals surface area (Å²) in [5.41, 5.74) is 3.32. The Kier molecular flexibility index (Phi) is 3.79. The molecule has 21 heavy (non-hydrogen) atoms. The van der Waals surface area contributed by atoms with Crippen molar-refractivity contribution in [1.29, 1.82) is 0 Å². The molecule has 0 aliphatic carbocycles. The van der Waals surface area contributed by atoms with E-state index in [2.05, 4.69) is 10.3 Å². The molecule has 1 heterocycles. The minimum Gasteiger partial charge on any atom is -0.320 e. The number of nitrogens with one attached hydrogen (secondary N) is 1. The third-order valence-corrected chi connectivity index (χ3v) is 4.04. The number of rotatable bonds is 3. The second-order valence-corrected chi connectivity index (χ2v) is 5.53. The fourth-order valence-corrected chi connectivity index (χ4v) is 2.80. The van der Waals surface area contributed by atoms with Gasteiger partial charge in [0.25, 0.3) is 5.91 Å². The molecule has 1 aromatic heterocycles. The van der Waals surface area contributed by atoms with E-state index in [1.165, 1.54) is 11.3 Å². The van der Waals surface area contributed by atoms with Crippen LogP contribution in [-0.2, 0) is 0 Å². The first-order valence-corrected chi connectivity index (χ1v) is 7.50. The highest BCUT2D eigenvalue weighted by Crippen LogP contribution is 2.24. The van der Waals surface area contributed by atoms with E-state index in [1.54, 1.807) is 5.38 Å². The smallest absolute Gasteiger partial charge is 0.275 e. The maximum absolute atomic E-state index is 12.2. The van der Waals surface area contributed by atoms with E-state index in [0.29, 0.717) is 5.69 Å². The molecule has 0 saturated carbocycles. The molecule has 0 radical (unpaired) electrons. The first-order chi connectivity index (χ1) is 10.2. The minimum absolute atomic E-state index is 0.178. The van der Waals surface area contributed by atoms with Gasteiger partial charge in [-0.25, -0.2) is 4.98 Å². The molecule has 0 saturated heterocycles. The summed E-state index contributed by atoms with van der Waals surface area (Å²) in [6.07, 6.45) is 0. The third kappa shape index (κ3) is 3.01. The first kappa shape index (κ1) is 13.5. The van der Waals surface area contributed by atoms with Crippen LogP contribution in [0.2, 0.25) is 0 Å². The number of aromatic nitrogens is 1. The first-order valence-electron chi connectivity index (χ1n) is 6.62. The number of para-hydroxylation sites is 1. The van der Waals surface area contributed by atoms with Crippen molar-refractivity contribution in [3.8, 4) is 10.6 Å². The largest absolute Gasteiger partial charge is 0.320 e. The lowest BCUT2D eigenvalue weighted by atomic mass is 10.2. The van der Waals surface area contributed by atoms with Gasteiger partial charge in [-0.2, -0.15) is 0 Å². The van der Waals surface area contributed by atoms with Crippen LogP contribution < -0.4 is 5.32 Å². The molecule has 1 amide bonds. The average Bonchev–Trinajstić information content (AvgIpc) is 3.00. The summed E-state index contributed by atoms with van der Waals surface area (Å²) in [6, 6.07) is 17.6. The second-order valence-electron chi connectivity index (χ2n) is 4.67. The number of thiazole rings is 1. The molecule has 0 aliphatic rings. The Hall–Kier alpha value is -2.46. The highest BCUT2D eigenvalue weighted by Gasteiger charge is 2.12. The number of hydrogen-bond donors (Lipinski definition) is 1. The molecule has 3 nitrogen and oxygen atoms in total. The summed E-state index contributed by atoms with van der Waals surface area (Å²) in [5.74, 6) is -0.178. The van der Waals surface area contributed by atoms with Gasteiger partial charge in [0.1, 0.15) is 10.7 Å². The van der Waals surface area contributed by atoms with Gasteiger partial charge >= 0.3 is 0 Å². The van der Waals surface area contributed by atoms with E-state index in [4.69, 9.17) is 0 Å². The van der Waals surface area contributed by atoms with Crippen molar-refractivity contribution in [3.05, 3.63) is 71.2 Å². The van der Waals surface area contributed by atoms with Crippen molar-refractivity contribution < 1.29 is 4.79 Å². The molecule has 104 valence electrons. The second kappa shape index (κ2) is 5.89. The molecule has 3 rings (SSSR count).